The molecule has 1 aliphatic rings. The number of aliphatic imine (C=N–C) groups is 2. The van der Waals surface area contributed by atoms with Crippen LogP contribution in [0.15, 0.2) is 28.2 Å². The number of nitrogens with one attached hydrogen (secondary N) is 1. The molecule has 1 N–H and O–H groups in total. The first-order valence-corrected chi connectivity index (χ1v) is 6.46. The fourth-order valence-electron chi connectivity index (χ4n) is 1.45. The number of rotatable bonds is 4. The minimum Gasteiger partial charge on any atom is -0.493 e. The summed E-state index contributed by atoms with van der Waals surface area (Å²) in [6.45, 7) is 0. The third kappa shape index (κ3) is 3.47. The molecule has 19 heavy (non-hydrogen) atoms. The van der Waals surface area contributed by atoms with E-state index in [4.69, 9.17) is 9.47 Å². The third-order valence-electron chi connectivity index (χ3n) is 2.34. The predicted molar refractivity (Wildman–Crippen MR) is 75.7 cm³/mol. The zero-order valence-electron chi connectivity index (χ0n) is 10.5. The van der Waals surface area contributed by atoms with Crippen molar-refractivity contribution in [2.24, 2.45) is 9.98 Å². The molecule has 1 aromatic rings. The molecule has 0 radical (unpaired) electrons. The van der Waals surface area contributed by atoms with E-state index in [2.05, 4.69) is 15.3 Å². The molecule has 0 saturated carbocycles. The van der Waals surface area contributed by atoms with Crippen LogP contribution in [-0.2, 0) is 4.79 Å². The van der Waals surface area contributed by atoms with Crippen LogP contribution >= 0.6 is 11.8 Å². The number of carbonyl (C=O) groups excluding carboxylic acids is 1. The van der Waals surface area contributed by atoms with Gasteiger partial charge in [0.05, 0.1) is 25.7 Å². The lowest BCUT2D eigenvalue weighted by Gasteiger charge is -2.06. The standard InChI is InChI=1S/C12H13N3O3S/c1-17-9-4-3-8(5-10(9)18-2)13-7-14-12-15-11(16)6-19-12/h3-5,7H,6H2,1-2H3,(H,13,14,15,16). The van der Waals surface area contributed by atoms with Crippen molar-refractivity contribution in [3.63, 3.8) is 0 Å². The number of ether oxygens (including phenoxy) is 2. The first-order valence-electron chi connectivity index (χ1n) is 5.48. The molecule has 0 unspecified atom stereocenters. The monoisotopic (exact) mass is 279 g/mol. The SMILES string of the molecule is COc1ccc(N=CN=C2NC(=O)CS2)cc1OC. The lowest BCUT2D eigenvalue weighted by atomic mass is 10.3. The minimum absolute atomic E-state index is 0.0386. The Morgan fingerprint density at radius 1 is 1.32 bits per heavy atom. The van der Waals surface area contributed by atoms with Gasteiger partial charge in [0.25, 0.3) is 0 Å². The Bertz CT molecular complexity index is 543. The van der Waals surface area contributed by atoms with E-state index in [1.165, 1.54) is 18.1 Å². The zero-order valence-corrected chi connectivity index (χ0v) is 11.4. The van der Waals surface area contributed by atoms with Crippen LogP contribution in [0.5, 0.6) is 11.5 Å². The van der Waals surface area contributed by atoms with Crippen molar-refractivity contribution < 1.29 is 14.3 Å². The summed E-state index contributed by atoms with van der Waals surface area (Å²) in [7, 11) is 3.14. The summed E-state index contributed by atoms with van der Waals surface area (Å²) >= 11 is 1.35. The van der Waals surface area contributed by atoms with Crippen molar-refractivity contribution in [3.8, 4) is 11.5 Å². The van der Waals surface area contributed by atoms with Gasteiger partial charge in [0.1, 0.15) is 6.34 Å². The van der Waals surface area contributed by atoms with Crippen LogP contribution in [0.1, 0.15) is 0 Å². The van der Waals surface area contributed by atoms with Gasteiger partial charge in [-0.25, -0.2) is 9.98 Å². The van der Waals surface area contributed by atoms with Gasteiger partial charge in [-0.3, -0.25) is 4.79 Å². The third-order valence-corrected chi connectivity index (χ3v) is 3.22. The molecule has 6 nitrogen and oxygen atoms in total. The molecule has 1 aliphatic heterocycles. The minimum atomic E-state index is -0.0386. The molecule has 1 aromatic carbocycles. The molecule has 100 valence electrons. The van der Waals surface area contributed by atoms with Gasteiger partial charge >= 0.3 is 0 Å². The quantitative estimate of drug-likeness (QED) is 0.671. The van der Waals surface area contributed by atoms with E-state index in [-0.39, 0.29) is 5.91 Å². The van der Waals surface area contributed by atoms with Crippen LogP contribution in [0.4, 0.5) is 5.69 Å². The van der Waals surface area contributed by atoms with Crippen LogP contribution in [0, 0.1) is 0 Å². The summed E-state index contributed by atoms with van der Waals surface area (Å²) in [5.41, 5.74) is 0.691. The largest absolute Gasteiger partial charge is 0.493 e. The Hall–Kier alpha value is -2.02. The fraction of sp³-hybridized carbons (Fsp3) is 0.250. The maximum Gasteiger partial charge on any atom is 0.236 e. The maximum atomic E-state index is 11.0. The van der Waals surface area contributed by atoms with Crippen molar-refractivity contribution in [2.45, 2.75) is 0 Å². The van der Waals surface area contributed by atoms with E-state index in [0.717, 1.165) is 0 Å². The average Bonchev–Trinajstić information content (AvgIpc) is 2.84. The highest BCUT2D eigenvalue weighted by atomic mass is 32.2. The van der Waals surface area contributed by atoms with Crippen molar-refractivity contribution >= 4 is 34.9 Å². The number of carbonyl (C=O) groups is 1. The second-order valence-corrected chi connectivity index (χ2v) is 4.52. The smallest absolute Gasteiger partial charge is 0.236 e. The van der Waals surface area contributed by atoms with Crippen LogP contribution in [0.2, 0.25) is 0 Å². The van der Waals surface area contributed by atoms with E-state index in [0.29, 0.717) is 28.1 Å². The predicted octanol–water partition coefficient (Wildman–Crippen LogP) is 1.58. The van der Waals surface area contributed by atoms with Crippen molar-refractivity contribution in [1.82, 2.24) is 5.32 Å². The molecule has 1 saturated heterocycles. The van der Waals surface area contributed by atoms with Gasteiger partial charge in [0.2, 0.25) is 5.91 Å². The van der Waals surface area contributed by atoms with Crippen LogP contribution < -0.4 is 14.8 Å². The summed E-state index contributed by atoms with van der Waals surface area (Å²) in [6.07, 6.45) is 1.40. The van der Waals surface area contributed by atoms with Crippen LogP contribution in [-0.4, -0.2) is 37.4 Å². The van der Waals surface area contributed by atoms with E-state index < -0.39 is 0 Å². The Balaban J connectivity index is 2.08. The Morgan fingerprint density at radius 3 is 2.74 bits per heavy atom. The normalized spacial score (nSPS) is 16.9. The van der Waals surface area contributed by atoms with E-state index >= 15 is 0 Å². The molecule has 0 aliphatic carbocycles. The van der Waals surface area contributed by atoms with Gasteiger partial charge in [-0.15, -0.1) is 0 Å². The topological polar surface area (TPSA) is 72.3 Å². The number of amides is 1. The zero-order chi connectivity index (χ0) is 13.7. The first kappa shape index (κ1) is 13.4. The Morgan fingerprint density at radius 2 is 2.11 bits per heavy atom. The van der Waals surface area contributed by atoms with Crippen LogP contribution in [0.3, 0.4) is 0 Å². The van der Waals surface area contributed by atoms with E-state index in [1.54, 1.807) is 32.4 Å². The summed E-state index contributed by atoms with van der Waals surface area (Å²) in [5.74, 6) is 1.62. The average molecular weight is 279 g/mol. The molecule has 0 atom stereocenters. The fourth-order valence-corrected chi connectivity index (χ4v) is 2.10. The lowest BCUT2D eigenvalue weighted by molar-refractivity contribution is -0.116. The molecular formula is C12H13N3O3S. The van der Waals surface area contributed by atoms with Gasteiger partial charge in [-0.05, 0) is 12.1 Å². The highest BCUT2D eigenvalue weighted by Gasteiger charge is 2.15. The number of thioether (sulfide) groups is 1. The van der Waals surface area contributed by atoms with Gasteiger partial charge in [-0.1, -0.05) is 11.8 Å². The maximum absolute atomic E-state index is 11.0. The van der Waals surface area contributed by atoms with E-state index in [1.807, 2.05) is 0 Å². The van der Waals surface area contributed by atoms with Gasteiger partial charge in [0, 0.05) is 6.07 Å². The molecule has 0 spiro atoms. The molecule has 1 heterocycles. The second kappa shape index (κ2) is 6.24. The van der Waals surface area contributed by atoms with Crippen molar-refractivity contribution in [3.05, 3.63) is 18.2 Å². The second-order valence-electron chi connectivity index (χ2n) is 3.55. The molecule has 7 heteroatoms. The number of amidine groups is 1. The van der Waals surface area contributed by atoms with E-state index in [9.17, 15) is 4.79 Å². The van der Waals surface area contributed by atoms with Crippen LogP contribution in [0.25, 0.3) is 0 Å². The Labute approximate surface area is 114 Å². The van der Waals surface area contributed by atoms with Gasteiger partial charge in [0.15, 0.2) is 16.7 Å². The molecular weight excluding hydrogens is 266 g/mol. The highest BCUT2D eigenvalue weighted by Crippen LogP contribution is 2.30. The summed E-state index contributed by atoms with van der Waals surface area (Å²) in [4.78, 5) is 19.2. The molecule has 1 amide bonds. The number of methoxy groups -OCH3 is 2. The molecule has 0 bridgehead atoms. The Kier molecular flexibility index (Phi) is 4.40. The number of benzene rings is 1. The molecule has 1 fully saturated rings. The van der Waals surface area contributed by atoms with Gasteiger partial charge in [-0.2, -0.15) is 0 Å². The van der Waals surface area contributed by atoms with Crippen molar-refractivity contribution in [1.29, 1.82) is 0 Å². The highest BCUT2D eigenvalue weighted by molar-refractivity contribution is 8.15. The first-order chi connectivity index (χ1) is 9.22. The lowest BCUT2D eigenvalue weighted by Crippen LogP contribution is -2.20. The van der Waals surface area contributed by atoms with Crippen molar-refractivity contribution in [2.75, 3.05) is 20.0 Å². The van der Waals surface area contributed by atoms with Gasteiger partial charge < -0.3 is 14.8 Å². The summed E-state index contributed by atoms with van der Waals surface area (Å²) in [5, 5.41) is 3.18. The summed E-state index contributed by atoms with van der Waals surface area (Å²) in [6, 6.07) is 5.30. The summed E-state index contributed by atoms with van der Waals surface area (Å²) < 4.78 is 10.3. The molecule has 2 rings (SSSR count). The molecule has 0 aromatic heterocycles. The number of hydrogen-bond donors (Lipinski definition) is 1. The number of nitrogens with zero attached hydrogens (tertiary/aromatic N) is 2. The number of hydrogen-bond acceptors (Lipinski definition) is 5.